The molecule has 98 heavy (non-hydrogen) atoms. The molecule has 562 valence electrons. The van der Waals surface area contributed by atoms with Crippen LogP contribution in [0.15, 0.2) is 122 Å². The molecule has 0 spiro atoms. The fraction of sp³-hybridized carbons (Fsp3) is 0.696. The minimum absolute atomic E-state index is 0.0749. The number of aliphatic hydroxyl groups excluding tert-OH is 1. The van der Waals surface area contributed by atoms with Gasteiger partial charge in [0.15, 0.2) is 12.2 Å². The third-order valence-corrected chi connectivity index (χ3v) is 17.3. The number of hydrogen-bond acceptors (Lipinski definition) is 15. The molecule has 0 saturated carbocycles. The highest BCUT2D eigenvalue weighted by Crippen LogP contribution is 2.45. The molecule has 0 aromatic heterocycles. The number of carbonyl (C=O) groups excluding carboxylic acids is 4. The summed E-state index contributed by atoms with van der Waals surface area (Å²) in [6, 6.07) is 0. The summed E-state index contributed by atoms with van der Waals surface area (Å²) in [4.78, 5) is 72.8. The highest BCUT2D eigenvalue weighted by atomic mass is 31.2. The van der Waals surface area contributed by atoms with Gasteiger partial charge < -0.3 is 33.8 Å². The fourth-order valence-corrected chi connectivity index (χ4v) is 11.2. The molecule has 0 aliphatic heterocycles. The first-order valence-electron chi connectivity index (χ1n) is 37.8. The summed E-state index contributed by atoms with van der Waals surface area (Å²) in [6.45, 7) is 4.51. The van der Waals surface area contributed by atoms with Crippen molar-refractivity contribution in [2.45, 2.75) is 316 Å². The van der Waals surface area contributed by atoms with Crippen molar-refractivity contribution in [3.63, 3.8) is 0 Å². The van der Waals surface area contributed by atoms with E-state index in [-0.39, 0.29) is 25.7 Å². The monoisotopic (exact) mass is 1420 g/mol. The van der Waals surface area contributed by atoms with Gasteiger partial charge in [-0.15, -0.1) is 0 Å². The Hall–Kier alpha value is -4.54. The predicted octanol–water partition coefficient (Wildman–Crippen LogP) is 21.6. The molecule has 3 N–H and O–H groups in total. The first kappa shape index (κ1) is 93.5. The zero-order chi connectivity index (χ0) is 71.8. The molecule has 0 saturated heterocycles. The van der Waals surface area contributed by atoms with Gasteiger partial charge in [-0.3, -0.25) is 37.3 Å². The number of phosphoric acid groups is 2. The van der Waals surface area contributed by atoms with Gasteiger partial charge in [0.2, 0.25) is 0 Å². The maximum atomic E-state index is 13.1. The standard InChI is InChI=1S/C79H134O17P2/c1-5-9-13-17-21-25-29-32-34-35-36-37-39-42-45-48-52-56-60-64-77(82)90-70-75(96-79(84)66-62-58-54-50-46-40-31-27-23-19-15-11-7-3)72-94-98(87,88)92-68-73(80)67-91-97(85,86)93-71-74(95-78(83)65-61-57-53-49-43-28-24-20-16-12-8-4)69-89-76(81)63-59-55-51-47-44-41-38-33-30-26-22-18-14-10-6-2/h9-10,13-14,20-22,24-27,31-34,36-38,42,45,73-75,80H,5-8,11-12,15-19,23,28-30,35,39-41,43-44,46-72H2,1-4H3,(H,85,86)(H,87,88)/b13-9-,14-10-,24-20-,25-21-,26-22-,31-27-,34-32-,37-36-,38-33-,45-42-. The second-order valence-electron chi connectivity index (χ2n) is 24.8. The lowest BCUT2D eigenvalue weighted by molar-refractivity contribution is -0.161. The van der Waals surface area contributed by atoms with Crippen LogP contribution in [0.25, 0.3) is 0 Å². The van der Waals surface area contributed by atoms with Crippen molar-refractivity contribution >= 4 is 39.5 Å². The fourth-order valence-electron chi connectivity index (χ4n) is 9.65. The summed E-state index contributed by atoms with van der Waals surface area (Å²) in [5.41, 5.74) is 0. The Bertz CT molecular complexity index is 2340. The number of unbranched alkanes of at least 4 members (excludes halogenated alkanes) is 24. The largest absolute Gasteiger partial charge is 0.472 e. The zero-order valence-corrected chi connectivity index (χ0v) is 63.0. The summed E-state index contributed by atoms with van der Waals surface area (Å²) >= 11 is 0. The van der Waals surface area contributed by atoms with Crippen molar-refractivity contribution in [2.24, 2.45) is 0 Å². The van der Waals surface area contributed by atoms with E-state index in [1.54, 1.807) is 0 Å². The number of ether oxygens (including phenoxy) is 4. The minimum atomic E-state index is -4.98. The average Bonchev–Trinajstić information content (AvgIpc) is 0.972. The Morgan fingerprint density at radius 3 is 0.867 bits per heavy atom. The van der Waals surface area contributed by atoms with Crippen LogP contribution < -0.4 is 0 Å². The van der Waals surface area contributed by atoms with Crippen LogP contribution in [0, 0.1) is 0 Å². The van der Waals surface area contributed by atoms with Crippen molar-refractivity contribution < 1.29 is 80.2 Å². The maximum Gasteiger partial charge on any atom is 0.472 e. The molecule has 0 amide bonds. The van der Waals surface area contributed by atoms with E-state index < -0.39 is 97.5 Å². The Morgan fingerprint density at radius 2 is 0.541 bits per heavy atom. The lowest BCUT2D eigenvalue weighted by atomic mass is 10.1. The number of allylic oxidation sites excluding steroid dienone is 20. The molecule has 0 aromatic carbocycles. The molecule has 0 rings (SSSR count). The SMILES string of the molecule is CC/C=C\C/C=C\C/C=C\C/C=C\C/C=C\CCCCCC(=O)OCC(COP(=O)(O)OCC(O)COP(=O)(O)OCC(COC(=O)CCCCCCC/C=C\C/C=C\C/C=C\CC)OC(=O)CCCCCCC/C=C\CCCC)OC(=O)CCCCCCC/C=C\CCCCCC. The van der Waals surface area contributed by atoms with Gasteiger partial charge in [-0.1, -0.05) is 246 Å². The Morgan fingerprint density at radius 1 is 0.296 bits per heavy atom. The summed E-state index contributed by atoms with van der Waals surface area (Å²) < 4.78 is 68.3. The van der Waals surface area contributed by atoms with Gasteiger partial charge in [0.05, 0.1) is 26.4 Å². The molecule has 0 aliphatic carbocycles. The smallest absolute Gasteiger partial charge is 0.462 e. The van der Waals surface area contributed by atoms with Crippen LogP contribution in [0.4, 0.5) is 0 Å². The van der Waals surface area contributed by atoms with E-state index in [4.69, 9.17) is 37.0 Å². The molecular weight excluding hydrogens is 1280 g/mol. The molecule has 0 heterocycles. The van der Waals surface area contributed by atoms with Crippen LogP contribution in [0.5, 0.6) is 0 Å². The summed E-state index contributed by atoms with van der Waals surface area (Å²) in [5, 5.41) is 10.6. The van der Waals surface area contributed by atoms with Gasteiger partial charge >= 0.3 is 39.5 Å². The van der Waals surface area contributed by atoms with Crippen LogP contribution in [-0.4, -0.2) is 96.7 Å². The normalized spacial score (nSPS) is 14.6. The molecule has 17 nitrogen and oxygen atoms in total. The topological polar surface area (TPSA) is 237 Å². The number of rotatable bonds is 70. The first-order valence-corrected chi connectivity index (χ1v) is 40.8. The molecule has 5 unspecified atom stereocenters. The molecule has 0 fully saturated rings. The van der Waals surface area contributed by atoms with E-state index >= 15 is 0 Å². The van der Waals surface area contributed by atoms with Gasteiger partial charge in [0.25, 0.3) is 0 Å². The molecular formula is C79H134O17P2. The minimum Gasteiger partial charge on any atom is -0.462 e. The lowest BCUT2D eigenvalue weighted by Crippen LogP contribution is -2.30. The summed E-state index contributed by atoms with van der Waals surface area (Å²) in [7, 11) is -9.96. The Labute approximate surface area is 593 Å². The second-order valence-corrected chi connectivity index (χ2v) is 27.7. The van der Waals surface area contributed by atoms with Crippen LogP contribution in [0.3, 0.4) is 0 Å². The number of phosphoric ester groups is 2. The van der Waals surface area contributed by atoms with Crippen LogP contribution >= 0.6 is 15.6 Å². The van der Waals surface area contributed by atoms with E-state index in [1.807, 2.05) is 0 Å². The van der Waals surface area contributed by atoms with E-state index in [1.165, 1.54) is 38.5 Å². The van der Waals surface area contributed by atoms with Crippen molar-refractivity contribution in [1.29, 1.82) is 0 Å². The number of hydrogen-bond donors (Lipinski definition) is 3. The Kier molecular flexibility index (Phi) is 67.6. The molecule has 5 atom stereocenters. The van der Waals surface area contributed by atoms with Crippen LogP contribution in [0.2, 0.25) is 0 Å². The van der Waals surface area contributed by atoms with E-state index in [0.717, 1.165) is 180 Å². The van der Waals surface area contributed by atoms with Gasteiger partial charge in [-0.05, 0) is 148 Å². The van der Waals surface area contributed by atoms with Crippen LogP contribution in [0.1, 0.15) is 297 Å². The van der Waals surface area contributed by atoms with Gasteiger partial charge in [-0.25, -0.2) is 9.13 Å². The number of aliphatic hydroxyl groups is 1. The van der Waals surface area contributed by atoms with E-state index in [2.05, 4.69) is 149 Å². The van der Waals surface area contributed by atoms with Gasteiger partial charge in [0, 0.05) is 25.7 Å². The quantitative estimate of drug-likeness (QED) is 0.0169. The highest BCUT2D eigenvalue weighted by molar-refractivity contribution is 7.47. The van der Waals surface area contributed by atoms with Gasteiger partial charge in [-0.2, -0.15) is 0 Å². The van der Waals surface area contributed by atoms with E-state index in [0.29, 0.717) is 25.7 Å². The molecule has 0 bridgehead atoms. The predicted molar refractivity (Wildman–Crippen MR) is 399 cm³/mol. The summed E-state index contributed by atoms with van der Waals surface area (Å²) in [6.07, 6.45) is 76.3. The number of carbonyl (C=O) groups is 4. The molecule has 0 aliphatic rings. The number of esters is 4. The maximum absolute atomic E-state index is 13.1. The molecule has 19 heteroatoms. The lowest BCUT2D eigenvalue weighted by Gasteiger charge is -2.21. The van der Waals surface area contributed by atoms with E-state index in [9.17, 15) is 43.2 Å². The first-order chi connectivity index (χ1) is 47.7. The molecule has 0 aromatic rings. The van der Waals surface area contributed by atoms with Crippen molar-refractivity contribution in [1.82, 2.24) is 0 Å². The third-order valence-electron chi connectivity index (χ3n) is 15.4. The summed E-state index contributed by atoms with van der Waals surface area (Å²) in [5.74, 6) is -2.25. The Balaban J connectivity index is 5.36. The highest BCUT2D eigenvalue weighted by Gasteiger charge is 2.30. The van der Waals surface area contributed by atoms with Crippen molar-refractivity contribution in [2.75, 3.05) is 39.6 Å². The van der Waals surface area contributed by atoms with Crippen molar-refractivity contribution in [3.05, 3.63) is 122 Å². The molecule has 0 radical (unpaired) electrons. The third kappa shape index (κ3) is 69.9. The van der Waals surface area contributed by atoms with Gasteiger partial charge in [0.1, 0.15) is 19.3 Å². The average molecular weight is 1420 g/mol. The second kappa shape index (κ2) is 70.9. The zero-order valence-electron chi connectivity index (χ0n) is 61.2. The van der Waals surface area contributed by atoms with Crippen molar-refractivity contribution in [3.8, 4) is 0 Å². The van der Waals surface area contributed by atoms with Crippen LogP contribution in [-0.2, 0) is 65.4 Å².